The normalized spacial score (nSPS) is 41.8. The maximum Gasteiger partial charge on any atom is 0.306 e. The monoisotopic (exact) mass is 334 g/mol. The molecule has 0 aromatic carbocycles. The van der Waals surface area contributed by atoms with Crippen LogP contribution in [0.4, 0.5) is 0 Å². The predicted molar refractivity (Wildman–Crippen MR) is 93.5 cm³/mol. The molecule has 3 nitrogen and oxygen atoms in total. The number of hydrogen-bond donors (Lipinski definition) is 0. The first-order valence-corrected chi connectivity index (χ1v) is 10.4. The molecule has 3 bridgehead atoms. The maximum absolute atomic E-state index is 12.3. The van der Waals surface area contributed by atoms with E-state index in [0.29, 0.717) is 18.9 Å². The Balaban J connectivity index is 1.17. The van der Waals surface area contributed by atoms with Crippen LogP contribution in [0.2, 0.25) is 0 Å². The number of methoxy groups -OCH3 is 1. The highest BCUT2D eigenvalue weighted by atomic mass is 16.5. The van der Waals surface area contributed by atoms with Crippen LogP contribution in [0.3, 0.4) is 0 Å². The molecular formula is C21H34O3. The summed E-state index contributed by atoms with van der Waals surface area (Å²) in [6.45, 7) is 1.45. The molecular weight excluding hydrogens is 300 g/mol. The molecule has 0 aromatic rings. The maximum atomic E-state index is 12.3. The minimum Gasteiger partial charge on any atom is -0.466 e. The van der Waals surface area contributed by atoms with Gasteiger partial charge in [-0.3, -0.25) is 4.79 Å². The quantitative estimate of drug-likeness (QED) is 0.457. The van der Waals surface area contributed by atoms with Crippen LogP contribution < -0.4 is 0 Å². The van der Waals surface area contributed by atoms with E-state index in [1.54, 1.807) is 7.11 Å². The first-order chi connectivity index (χ1) is 11.7. The fourth-order valence-corrected chi connectivity index (χ4v) is 6.93. The highest BCUT2D eigenvalue weighted by Crippen LogP contribution is 2.74. The highest BCUT2D eigenvalue weighted by molar-refractivity contribution is 5.69. The number of hydrogen-bond acceptors (Lipinski definition) is 3. The third-order valence-electron chi connectivity index (χ3n) is 7.95. The fourth-order valence-electron chi connectivity index (χ4n) is 6.93. The van der Waals surface area contributed by atoms with E-state index in [1.165, 1.54) is 44.9 Å². The van der Waals surface area contributed by atoms with E-state index < -0.39 is 0 Å². The van der Waals surface area contributed by atoms with Crippen molar-refractivity contribution in [1.29, 1.82) is 0 Å². The SMILES string of the molecule is COCCCCCCOC(=O)CC1CC2CC3CC4CC1C[C@]32C4. The number of unbranched alkanes of at least 4 members (excludes halogenated alkanes) is 3. The zero-order chi connectivity index (χ0) is 16.6. The molecule has 0 N–H and O–H groups in total. The molecule has 0 saturated heterocycles. The average Bonchev–Trinajstić information content (AvgIpc) is 2.80. The lowest BCUT2D eigenvalue weighted by Gasteiger charge is -2.61. The lowest BCUT2D eigenvalue weighted by Crippen LogP contribution is -2.53. The number of esters is 1. The summed E-state index contributed by atoms with van der Waals surface area (Å²) in [7, 11) is 1.75. The van der Waals surface area contributed by atoms with E-state index in [2.05, 4.69) is 0 Å². The molecule has 0 aromatic heterocycles. The lowest BCUT2D eigenvalue weighted by molar-refractivity contribution is -0.152. The molecule has 4 fully saturated rings. The summed E-state index contributed by atoms with van der Waals surface area (Å²) in [5.41, 5.74) is 0.746. The molecule has 4 rings (SSSR count). The van der Waals surface area contributed by atoms with Gasteiger partial charge >= 0.3 is 5.97 Å². The second-order valence-corrected chi connectivity index (χ2v) is 9.20. The Morgan fingerprint density at radius 1 is 0.958 bits per heavy atom. The Morgan fingerprint density at radius 3 is 2.58 bits per heavy atom. The Kier molecular flexibility index (Phi) is 4.90. The van der Waals surface area contributed by atoms with Crippen molar-refractivity contribution in [3.8, 4) is 0 Å². The standard InChI is InChI=1S/C21H34O3/c1-23-6-4-2-3-5-7-24-20(22)11-16-10-19-12-18-9-15-8-17(16)14-21(18,19)13-15/h15-19H,2-14H2,1H3/t15?,16?,17?,18?,19?,21-/m1/s1. The minimum atomic E-state index is 0.0710. The molecule has 1 spiro atoms. The van der Waals surface area contributed by atoms with Gasteiger partial charge in [0.25, 0.3) is 0 Å². The summed E-state index contributed by atoms with van der Waals surface area (Å²) < 4.78 is 10.6. The molecule has 6 atom stereocenters. The van der Waals surface area contributed by atoms with Crippen molar-refractivity contribution < 1.29 is 14.3 Å². The van der Waals surface area contributed by atoms with Gasteiger partial charge in [0, 0.05) is 20.1 Å². The van der Waals surface area contributed by atoms with Gasteiger partial charge in [0.05, 0.1) is 6.61 Å². The van der Waals surface area contributed by atoms with Crippen LogP contribution in [0.25, 0.3) is 0 Å². The summed E-state index contributed by atoms with van der Waals surface area (Å²) in [5.74, 6) is 4.52. The van der Waals surface area contributed by atoms with Gasteiger partial charge in [-0.2, -0.15) is 0 Å². The lowest BCUT2D eigenvalue weighted by atomic mass is 9.44. The first-order valence-electron chi connectivity index (χ1n) is 10.4. The van der Waals surface area contributed by atoms with Crippen LogP contribution in [0.15, 0.2) is 0 Å². The molecule has 5 unspecified atom stereocenters. The highest BCUT2D eigenvalue weighted by Gasteiger charge is 2.65. The van der Waals surface area contributed by atoms with Crippen molar-refractivity contribution in [2.75, 3.05) is 20.3 Å². The van der Waals surface area contributed by atoms with E-state index in [4.69, 9.17) is 9.47 Å². The van der Waals surface area contributed by atoms with Crippen LogP contribution in [-0.2, 0) is 14.3 Å². The van der Waals surface area contributed by atoms with Crippen LogP contribution in [0, 0.1) is 35.0 Å². The molecule has 4 aliphatic carbocycles. The van der Waals surface area contributed by atoms with E-state index in [0.717, 1.165) is 55.0 Å². The summed E-state index contributed by atoms with van der Waals surface area (Å²) in [5, 5.41) is 0. The molecule has 4 saturated carbocycles. The molecule has 0 radical (unpaired) electrons. The van der Waals surface area contributed by atoms with Gasteiger partial charge in [-0.25, -0.2) is 0 Å². The summed E-state index contributed by atoms with van der Waals surface area (Å²) in [6, 6.07) is 0. The van der Waals surface area contributed by atoms with Crippen molar-refractivity contribution in [1.82, 2.24) is 0 Å². The summed E-state index contributed by atoms with van der Waals surface area (Å²) >= 11 is 0. The number of rotatable bonds is 9. The van der Waals surface area contributed by atoms with Gasteiger partial charge in [0.2, 0.25) is 0 Å². The van der Waals surface area contributed by atoms with Gasteiger partial charge in [-0.05, 0) is 92.8 Å². The topological polar surface area (TPSA) is 35.5 Å². The second kappa shape index (κ2) is 6.97. The fraction of sp³-hybridized carbons (Fsp3) is 0.952. The van der Waals surface area contributed by atoms with Crippen LogP contribution in [-0.4, -0.2) is 26.3 Å². The molecule has 24 heavy (non-hydrogen) atoms. The Bertz CT molecular complexity index is 462. The largest absolute Gasteiger partial charge is 0.466 e. The van der Waals surface area contributed by atoms with E-state index in [1.807, 2.05) is 0 Å². The molecule has 0 amide bonds. The van der Waals surface area contributed by atoms with Crippen molar-refractivity contribution >= 4 is 5.97 Å². The van der Waals surface area contributed by atoms with Crippen molar-refractivity contribution in [3.63, 3.8) is 0 Å². The van der Waals surface area contributed by atoms with Crippen LogP contribution >= 0.6 is 0 Å². The average molecular weight is 335 g/mol. The predicted octanol–water partition coefficient (Wildman–Crippen LogP) is 4.59. The van der Waals surface area contributed by atoms with Crippen LogP contribution in [0.5, 0.6) is 0 Å². The third-order valence-corrected chi connectivity index (χ3v) is 7.95. The molecule has 0 aliphatic heterocycles. The first kappa shape index (κ1) is 16.9. The Labute approximate surface area is 146 Å². The molecule has 4 aliphatic rings. The van der Waals surface area contributed by atoms with E-state index in [-0.39, 0.29) is 5.97 Å². The molecule has 0 heterocycles. The Hall–Kier alpha value is -0.570. The number of carbonyl (C=O) groups is 1. The smallest absolute Gasteiger partial charge is 0.306 e. The van der Waals surface area contributed by atoms with Crippen molar-refractivity contribution in [3.05, 3.63) is 0 Å². The Morgan fingerprint density at radius 2 is 1.75 bits per heavy atom. The van der Waals surface area contributed by atoms with Gasteiger partial charge in [0.15, 0.2) is 0 Å². The van der Waals surface area contributed by atoms with Crippen molar-refractivity contribution in [2.24, 2.45) is 35.0 Å². The zero-order valence-corrected chi connectivity index (χ0v) is 15.3. The van der Waals surface area contributed by atoms with Gasteiger partial charge in [-0.15, -0.1) is 0 Å². The minimum absolute atomic E-state index is 0.0710. The third kappa shape index (κ3) is 3.02. The van der Waals surface area contributed by atoms with Gasteiger partial charge < -0.3 is 9.47 Å². The van der Waals surface area contributed by atoms with E-state index in [9.17, 15) is 4.79 Å². The second-order valence-electron chi connectivity index (χ2n) is 9.20. The molecule has 136 valence electrons. The summed E-state index contributed by atoms with van der Waals surface area (Å²) in [6.07, 6.45) is 13.8. The van der Waals surface area contributed by atoms with Crippen LogP contribution in [0.1, 0.15) is 70.6 Å². The van der Waals surface area contributed by atoms with E-state index >= 15 is 0 Å². The van der Waals surface area contributed by atoms with Crippen molar-refractivity contribution in [2.45, 2.75) is 70.6 Å². The van der Waals surface area contributed by atoms with Gasteiger partial charge in [0.1, 0.15) is 0 Å². The van der Waals surface area contributed by atoms with Gasteiger partial charge in [-0.1, -0.05) is 6.42 Å². The zero-order valence-electron chi connectivity index (χ0n) is 15.3. The number of ether oxygens (including phenoxy) is 2. The summed E-state index contributed by atoms with van der Waals surface area (Å²) in [4.78, 5) is 12.3. The molecule has 3 heteroatoms. The number of fused-ring (bicyclic) bond motifs is 2. The number of carbonyl (C=O) groups excluding carboxylic acids is 1.